The molecular weight excluding hydrogens is 239 g/mol. The molecule has 0 heterocycles. The van der Waals surface area contributed by atoms with Gasteiger partial charge in [0.25, 0.3) is 0 Å². The fourth-order valence-electron chi connectivity index (χ4n) is 1.14. The van der Waals surface area contributed by atoms with Crippen LogP contribution in [0, 0.1) is 5.82 Å². The number of rotatable bonds is 4. The molecule has 0 aliphatic carbocycles. The van der Waals surface area contributed by atoms with Crippen LogP contribution in [0.5, 0.6) is 0 Å². The molecule has 0 bridgehead atoms. The highest BCUT2D eigenvalue weighted by Gasteiger charge is 2.13. The maximum absolute atomic E-state index is 13.2. The molecule has 0 aliphatic rings. The van der Waals surface area contributed by atoms with Gasteiger partial charge in [-0.05, 0) is 18.2 Å². The highest BCUT2D eigenvalue weighted by Crippen LogP contribution is 2.21. The van der Waals surface area contributed by atoms with Crippen molar-refractivity contribution in [2.24, 2.45) is 5.73 Å². The molecular formula is C8H11FN2O4S. The van der Waals surface area contributed by atoms with Crippen molar-refractivity contribution in [1.29, 1.82) is 0 Å². The van der Waals surface area contributed by atoms with Crippen LogP contribution in [0.4, 0.5) is 10.1 Å². The predicted molar refractivity (Wildman–Crippen MR) is 55.6 cm³/mol. The Morgan fingerprint density at radius 2 is 2.12 bits per heavy atom. The van der Waals surface area contributed by atoms with E-state index in [-0.39, 0.29) is 17.8 Å². The van der Waals surface area contributed by atoms with E-state index in [0.29, 0.717) is 0 Å². The Hall–Kier alpha value is -1.22. The lowest BCUT2D eigenvalue weighted by molar-refractivity contribution is 0.182. The zero-order valence-corrected chi connectivity index (χ0v) is 8.91. The SMILES string of the molecule is NC[C@H](O)c1cc(NS(=O)(=O)O)ccc1F. The second-order valence-corrected chi connectivity index (χ2v) is 4.22. The second-order valence-electron chi connectivity index (χ2n) is 3.06. The molecule has 16 heavy (non-hydrogen) atoms. The summed E-state index contributed by atoms with van der Waals surface area (Å²) >= 11 is 0. The second kappa shape index (κ2) is 4.74. The molecule has 8 heteroatoms. The molecule has 0 amide bonds. The molecule has 6 nitrogen and oxygen atoms in total. The maximum atomic E-state index is 13.2. The van der Waals surface area contributed by atoms with Crippen LogP contribution in [0.2, 0.25) is 0 Å². The number of nitrogens with one attached hydrogen (secondary N) is 1. The summed E-state index contributed by atoms with van der Waals surface area (Å²) in [4.78, 5) is 0. The first kappa shape index (κ1) is 12.8. The first-order valence-electron chi connectivity index (χ1n) is 4.26. The Morgan fingerprint density at radius 3 is 2.62 bits per heavy atom. The number of hydrogen-bond donors (Lipinski definition) is 4. The number of benzene rings is 1. The Morgan fingerprint density at radius 1 is 1.50 bits per heavy atom. The number of nitrogens with two attached hydrogens (primary N) is 1. The summed E-state index contributed by atoms with van der Waals surface area (Å²) < 4.78 is 44.4. The summed E-state index contributed by atoms with van der Waals surface area (Å²) in [5.74, 6) is -0.709. The van der Waals surface area contributed by atoms with Crippen LogP contribution in [-0.4, -0.2) is 24.6 Å². The fraction of sp³-hybridized carbons (Fsp3) is 0.250. The quantitative estimate of drug-likeness (QED) is 0.563. The van der Waals surface area contributed by atoms with E-state index >= 15 is 0 Å². The van der Waals surface area contributed by atoms with Crippen LogP contribution in [0.3, 0.4) is 0 Å². The van der Waals surface area contributed by atoms with Crippen molar-refractivity contribution in [1.82, 2.24) is 0 Å². The van der Waals surface area contributed by atoms with E-state index in [0.717, 1.165) is 18.2 Å². The van der Waals surface area contributed by atoms with Crippen LogP contribution in [-0.2, 0) is 10.3 Å². The van der Waals surface area contributed by atoms with Gasteiger partial charge in [-0.15, -0.1) is 0 Å². The van der Waals surface area contributed by atoms with Crippen LogP contribution < -0.4 is 10.5 Å². The average molecular weight is 250 g/mol. The van der Waals surface area contributed by atoms with Crippen LogP contribution >= 0.6 is 0 Å². The fourth-order valence-corrected chi connectivity index (χ4v) is 1.56. The largest absolute Gasteiger partial charge is 0.387 e. The molecule has 0 aliphatic heterocycles. The summed E-state index contributed by atoms with van der Waals surface area (Å²) in [5.41, 5.74) is 4.94. The minimum absolute atomic E-state index is 0.0635. The van der Waals surface area contributed by atoms with Gasteiger partial charge in [-0.2, -0.15) is 8.42 Å². The van der Waals surface area contributed by atoms with Gasteiger partial charge in [0.05, 0.1) is 11.8 Å². The summed E-state index contributed by atoms with van der Waals surface area (Å²) in [7, 11) is -4.42. The van der Waals surface area contributed by atoms with Gasteiger partial charge in [-0.25, -0.2) is 4.39 Å². The number of hydrogen-bond acceptors (Lipinski definition) is 4. The average Bonchev–Trinajstić information content (AvgIpc) is 2.18. The van der Waals surface area contributed by atoms with Crippen molar-refractivity contribution in [3.8, 4) is 0 Å². The molecule has 1 rings (SSSR count). The lowest BCUT2D eigenvalue weighted by Crippen LogP contribution is -2.15. The summed E-state index contributed by atoms with van der Waals surface area (Å²) in [6, 6.07) is 3.12. The van der Waals surface area contributed by atoms with Crippen molar-refractivity contribution in [2.75, 3.05) is 11.3 Å². The molecule has 90 valence electrons. The van der Waals surface area contributed by atoms with E-state index in [1.54, 1.807) is 4.72 Å². The standard InChI is InChI=1S/C8H11FN2O4S/c9-7-2-1-5(11-16(13,14)15)3-6(7)8(12)4-10/h1-3,8,11-12H,4,10H2,(H,13,14,15)/t8-/m0/s1. The normalized spacial score (nSPS) is 13.5. The van der Waals surface area contributed by atoms with Gasteiger partial charge >= 0.3 is 10.3 Å². The van der Waals surface area contributed by atoms with Crippen molar-refractivity contribution in [3.05, 3.63) is 29.6 Å². The van der Waals surface area contributed by atoms with Crippen molar-refractivity contribution >= 4 is 16.0 Å². The zero-order chi connectivity index (χ0) is 12.3. The van der Waals surface area contributed by atoms with Gasteiger partial charge in [0.1, 0.15) is 5.82 Å². The Labute approximate surface area is 91.8 Å². The highest BCUT2D eigenvalue weighted by atomic mass is 32.2. The predicted octanol–water partition coefficient (Wildman–Crippen LogP) is 0.0325. The number of anilines is 1. The Balaban J connectivity index is 3.07. The van der Waals surface area contributed by atoms with E-state index in [2.05, 4.69) is 0 Å². The smallest absolute Gasteiger partial charge is 0.357 e. The van der Waals surface area contributed by atoms with Crippen molar-refractivity contribution in [3.63, 3.8) is 0 Å². The lowest BCUT2D eigenvalue weighted by Gasteiger charge is -2.11. The lowest BCUT2D eigenvalue weighted by atomic mass is 10.1. The summed E-state index contributed by atoms with van der Waals surface area (Å²) in [5, 5.41) is 9.33. The van der Waals surface area contributed by atoms with E-state index in [1.165, 1.54) is 0 Å². The molecule has 0 aromatic heterocycles. The summed E-state index contributed by atoms with van der Waals surface area (Å²) in [6.07, 6.45) is -1.23. The third-order valence-electron chi connectivity index (χ3n) is 1.83. The van der Waals surface area contributed by atoms with E-state index in [4.69, 9.17) is 10.3 Å². The van der Waals surface area contributed by atoms with Crippen LogP contribution in [0.15, 0.2) is 18.2 Å². The Kier molecular flexibility index (Phi) is 3.81. The zero-order valence-electron chi connectivity index (χ0n) is 8.09. The van der Waals surface area contributed by atoms with Crippen LogP contribution in [0.25, 0.3) is 0 Å². The minimum Gasteiger partial charge on any atom is -0.387 e. The molecule has 0 unspecified atom stereocenters. The van der Waals surface area contributed by atoms with Crippen molar-refractivity contribution in [2.45, 2.75) is 6.10 Å². The molecule has 0 saturated carbocycles. The summed E-state index contributed by atoms with van der Waals surface area (Å²) in [6.45, 7) is -0.202. The van der Waals surface area contributed by atoms with E-state index < -0.39 is 22.2 Å². The number of halogens is 1. The molecule has 1 aromatic rings. The van der Waals surface area contributed by atoms with Gasteiger partial charge in [-0.1, -0.05) is 0 Å². The van der Waals surface area contributed by atoms with Gasteiger partial charge in [-0.3, -0.25) is 9.27 Å². The Bertz CT molecular complexity index is 477. The van der Waals surface area contributed by atoms with Gasteiger partial charge in [0.15, 0.2) is 0 Å². The molecule has 0 spiro atoms. The molecule has 0 saturated heterocycles. The first-order chi connectivity index (χ1) is 7.33. The molecule has 1 aromatic carbocycles. The first-order valence-corrected chi connectivity index (χ1v) is 5.70. The maximum Gasteiger partial charge on any atom is 0.357 e. The third kappa shape index (κ3) is 3.42. The molecule has 1 atom stereocenters. The number of aliphatic hydroxyl groups excluding tert-OH is 1. The van der Waals surface area contributed by atoms with E-state index in [1.807, 2.05) is 0 Å². The number of aliphatic hydroxyl groups is 1. The van der Waals surface area contributed by atoms with Gasteiger partial charge in [0, 0.05) is 12.1 Å². The van der Waals surface area contributed by atoms with Crippen molar-refractivity contribution < 1.29 is 22.5 Å². The third-order valence-corrected chi connectivity index (χ3v) is 2.32. The van der Waals surface area contributed by atoms with Gasteiger partial charge < -0.3 is 10.8 Å². The molecule has 0 fully saturated rings. The topological polar surface area (TPSA) is 113 Å². The monoisotopic (exact) mass is 250 g/mol. The molecule has 0 radical (unpaired) electrons. The van der Waals surface area contributed by atoms with Crippen LogP contribution in [0.1, 0.15) is 11.7 Å². The molecule has 5 N–H and O–H groups in total. The highest BCUT2D eigenvalue weighted by molar-refractivity contribution is 7.87. The van der Waals surface area contributed by atoms with Gasteiger partial charge in [0.2, 0.25) is 0 Å². The van der Waals surface area contributed by atoms with E-state index in [9.17, 15) is 17.9 Å². The minimum atomic E-state index is -4.42.